The summed E-state index contributed by atoms with van der Waals surface area (Å²) in [6, 6.07) is 13.0. The van der Waals surface area contributed by atoms with Gasteiger partial charge in [0.2, 0.25) is 0 Å². The molecule has 20 heavy (non-hydrogen) atoms. The molecule has 0 spiro atoms. The molecule has 5 nitrogen and oxygen atoms in total. The molecule has 1 amide bonds. The van der Waals surface area contributed by atoms with E-state index in [1.165, 1.54) is 0 Å². The molecule has 0 saturated heterocycles. The van der Waals surface area contributed by atoms with E-state index < -0.39 is 6.09 Å². The number of ether oxygens (including phenoxy) is 1. The molecular formula is C15H16N2O3. The van der Waals surface area contributed by atoms with Crippen molar-refractivity contribution in [2.24, 2.45) is 0 Å². The number of nitrogens with zero attached hydrogens (tertiary/aromatic N) is 1. The zero-order valence-electron chi connectivity index (χ0n) is 11.0. The second kappa shape index (κ2) is 7.25. The van der Waals surface area contributed by atoms with Crippen molar-refractivity contribution < 1.29 is 14.6 Å². The summed E-state index contributed by atoms with van der Waals surface area (Å²) in [4.78, 5) is 15.5. The molecule has 0 fully saturated rings. The number of hydrogen-bond donors (Lipinski definition) is 2. The van der Waals surface area contributed by atoms with E-state index in [9.17, 15) is 4.79 Å². The van der Waals surface area contributed by atoms with Gasteiger partial charge in [-0.15, -0.1) is 0 Å². The summed E-state index contributed by atoms with van der Waals surface area (Å²) in [5.41, 5.74) is 2.37. The van der Waals surface area contributed by atoms with Crippen molar-refractivity contribution in [1.29, 1.82) is 0 Å². The Bertz CT molecular complexity index is 558. The quantitative estimate of drug-likeness (QED) is 0.873. The van der Waals surface area contributed by atoms with Crippen LogP contribution in [0, 0.1) is 0 Å². The van der Waals surface area contributed by atoms with E-state index in [-0.39, 0.29) is 13.2 Å². The van der Waals surface area contributed by atoms with Gasteiger partial charge in [0.15, 0.2) is 0 Å². The van der Waals surface area contributed by atoms with Crippen LogP contribution in [0.2, 0.25) is 0 Å². The molecule has 0 atom stereocenters. The molecule has 0 aliphatic rings. The lowest BCUT2D eigenvalue weighted by atomic mass is 10.2. The van der Waals surface area contributed by atoms with Gasteiger partial charge in [-0.3, -0.25) is 4.98 Å². The fourth-order valence-electron chi connectivity index (χ4n) is 1.67. The van der Waals surface area contributed by atoms with Gasteiger partial charge in [0.05, 0.1) is 12.3 Å². The Morgan fingerprint density at radius 1 is 1.20 bits per heavy atom. The zero-order valence-corrected chi connectivity index (χ0v) is 11.0. The smallest absolute Gasteiger partial charge is 0.407 e. The van der Waals surface area contributed by atoms with Crippen LogP contribution in [0.25, 0.3) is 0 Å². The minimum Gasteiger partial charge on any atom is -0.445 e. The highest BCUT2D eigenvalue weighted by Gasteiger charge is 2.03. The van der Waals surface area contributed by atoms with Crippen molar-refractivity contribution in [3.63, 3.8) is 0 Å². The number of pyridine rings is 1. The Kier molecular flexibility index (Phi) is 5.08. The van der Waals surface area contributed by atoms with Gasteiger partial charge in [-0.1, -0.05) is 30.3 Å². The Morgan fingerprint density at radius 3 is 2.75 bits per heavy atom. The number of hydrogen-bond acceptors (Lipinski definition) is 4. The molecule has 0 aliphatic heterocycles. The number of aliphatic hydroxyl groups excluding tert-OH is 1. The highest BCUT2D eigenvalue weighted by atomic mass is 16.5. The number of benzene rings is 1. The van der Waals surface area contributed by atoms with Crippen molar-refractivity contribution in [1.82, 2.24) is 10.3 Å². The standard InChI is InChI=1S/C15H16N2O3/c18-10-14-8-13(6-7-16-14)9-17-15(19)20-11-12-4-2-1-3-5-12/h1-8,18H,9-11H2,(H,17,19). The van der Waals surface area contributed by atoms with Gasteiger partial charge in [0.1, 0.15) is 6.61 Å². The van der Waals surface area contributed by atoms with Crippen LogP contribution in [0.15, 0.2) is 48.7 Å². The number of aromatic nitrogens is 1. The van der Waals surface area contributed by atoms with Gasteiger partial charge in [0, 0.05) is 12.7 Å². The van der Waals surface area contributed by atoms with Crippen molar-refractivity contribution in [3.8, 4) is 0 Å². The van der Waals surface area contributed by atoms with E-state index in [0.29, 0.717) is 12.2 Å². The molecule has 5 heteroatoms. The maximum atomic E-state index is 11.5. The van der Waals surface area contributed by atoms with E-state index in [2.05, 4.69) is 10.3 Å². The average Bonchev–Trinajstić information content (AvgIpc) is 2.52. The molecule has 0 aliphatic carbocycles. The Labute approximate surface area is 117 Å². The third-order valence-corrected chi connectivity index (χ3v) is 2.69. The lowest BCUT2D eigenvalue weighted by Crippen LogP contribution is -2.23. The molecule has 0 radical (unpaired) electrons. The molecule has 2 aromatic rings. The first-order valence-electron chi connectivity index (χ1n) is 6.27. The Balaban J connectivity index is 1.77. The monoisotopic (exact) mass is 272 g/mol. The maximum Gasteiger partial charge on any atom is 0.407 e. The summed E-state index contributed by atoms with van der Waals surface area (Å²) in [5.74, 6) is 0. The topological polar surface area (TPSA) is 71.5 Å². The fourth-order valence-corrected chi connectivity index (χ4v) is 1.67. The zero-order chi connectivity index (χ0) is 14.2. The summed E-state index contributed by atoms with van der Waals surface area (Å²) < 4.78 is 5.09. The summed E-state index contributed by atoms with van der Waals surface area (Å²) in [6.45, 7) is 0.459. The molecule has 2 rings (SSSR count). The molecule has 1 aromatic heterocycles. The summed E-state index contributed by atoms with van der Waals surface area (Å²) >= 11 is 0. The number of amides is 1. The van der Waals surface area contributed by atoms with E-state index >= 15 is 0 Å². The number of carbonyl (C=O) groups excluding carboxylic acids is 1. The molecule has 2 N–H and O–H groups in total. The number of aliphatic hydroxyl groups is 1. The lowest BCUT2D eigenvalue weighted by molar-refractivity contribution is 0.139. The minimum absolute atomic E-state index is 0.119. The minimum atomic E-state index is -0.476. The van der Waals surface area contributed by atoms with Crippen LogP contribution >= 0.6 is 0 Å². The van der Waals surface area contributed by atoms with E-state index in [1.807, 2.05) is 30.3 Å². The van der Waals surface area contributed by atoms with Crippen LogP contribution < -0.4 is 5.32 Å². The third-order valence-electron chi connectivity index (χ3n) is 2.69. The molecule has 1 heterocycles. The van der Waals surface area contributed by atoms with E-state index in [4.69, 9.17) is 9.84 Å². The van der Waals surface area contributed by atoms with Crippen LogP contribution in [-0.4, -0.2) is 16.2 Å². The van der Waals surface area contributed by atoms with Crippen molar-refractivity contribution in [3.05, 3.63) is 65.5 Å². The largest absolute Gasteiger partial charge is 0.445 e. The number of rotatable bonds is 5. The molecule has 1 aromatic carbocycles. The highest BCUT2D eigenvalue weighted by molar-refractivity contribution is 5.67. The SMILES string of the molecule is O=C(NCc1ccnc(CO)c1)OCc1ccccc1. The number of nitrogens with one attached hydrogen (secondary N) is 1. The summed E-state index contributed by atoms with van der Waals surface area (Å²) in [5, 5.41) is 11.6. The van der Waals surface area contributed by atoms with E-state index in [0.717, 1.165) is 11.1 Å². The van der Waals surface area contributed by atoms with Crippen molar-refractivity contribution in [2.45, 2.75) is 19.8 Å². The van der Waals surface area contributed by atoms with Gasteiger partial charge >= 0.3 is 6.09 Å². The average molecular weight is 272 g/mol. The van der Waals surface area contributed by atoms with Gasteiger partial charge in [-0.25, -0.2) is 4.79 Å². The molecule has 0 bridgehead atoms. The second-order valence-corrected chi connectivity index (χ2v) is 4.23. The Morgan fingerprint density at radius 2 is 2.00 bits per heavy atom. The predicted molar refractivity (Wildman–Crippen MR) is 73.6 cm³/mol. The second-order valence-electron chi connectivity index (χ2n) is 4.23. The first-order chi connectivity index (χ1) is 9.78. The molecular weight excluding hydrogens is 256 g/mol. The number of alkyl carbamates (subject to hydrolysis) is 1. The molecule has 0 unspecified atom stereocenters. The maximum absolute atomic E-state index is 11.5. The van der Waals surface area contributed by atoms with Crippen LogP contribution in [-0.2, 0) is 24.5 Å². The predicted octanol–water partition coefficient (Wildman–Crippen LogP) is 2.00. The lowest BCUT2D eigenvalue weighted by Gasteiger charge is -2.07. The fraction of sp³-hybridized carbons (Fsp3) is 0.200. The van der Waals surface area contributed by atoms with Gasteiger partial charge < -0.3 is 15.2 Å². The Hall–Kier alpha value is -2.40. The summed E-state index contributed by atoms with van der Waals surface area (Å²) in [7, 11) is 0. The first-order valence-corrected chi connectivity index (χ1v) is 6.27. The van der Waals surface area contributed by atoms with Gasteiger partial charge in [-0.05, 0) is 23.3 Å². The van der Waals surface area contributed by atoms with Gasteiger partial charge in [-0.2, -0.15) is 0 Å². The molecule has 0 saturated carbocycles. The normalized spacial score (nSPS) is 10.1. The number of carbonyl (C=O) groups is 1. The first kappa shape index (κ1) is 14.0. The molecule has 104 valence electrons. The van der Waals surface area contributed by atoms with Crippen LogP contribution in [0.1, 0.15) is 16.8 Å². The van der Waals surface area contributed by atoms with Gasteiger partial charge in [0.25, 0.3) is 0 Å². The van der Waals surface area contributed by atoms with E-state index in [1.54, 1.807) is 18.3 Å². The third kappa shape index (κ3) is 4.37. The van der Waals surface area contributed by atoms with Crippen molar-refractivity contribution in [2.75, 3.05) is 0 Å². The van der Waals surface area contributed by atoms with Crippen LogP contribution in [0.4, 0.5) is 4.79 Å². The summed E-state index contributed by atoms with van der Waals surface area (Å²) in [6.07, 6.45) is 1.12. The highest BCUT2D eigenvalue weighted by Crippen LogP contribution is 2.03. The van der Waals surface area contributed by atoms with Crippen LogP contribution in [0.3, 0.4) is 0 Å². The van der Waals surface area contributed by atoms with Crippen molar-refractivity contribution >= 4 is 6.09 Å². The van der Waals surface area contributed by atoms with Crippen LogP contribution in [0.5, 0.6) is 0 Å².